The summed E-state index contributed by atoms with van der Waals surface area (Å²) in [6.45, 7) is 5.36. The molecule has 0 unspecified atom stereocenters. The third kappa shape index (κ3) is 8.97. The second-order valence-corrected chi connectivity index (χ2v) is 9.58. The molecule has 0 aliphatic carbocycles. The van der Waals surface area contributed by atoms with Gasteiger partial charge < -0.3 is 20.6 Å². The van der Waals surface area contributed by atoms with Gasteiger partial charge in [0.1, 0.15) is 11.6 Å². The number of amides is 2. The van der Waals surface area contributed by atoms with Crippen LogP contribution in [0.1, 0.15) is 58.5 Å². The average molecular weight is 538 g/mol. The summed E-state index contributed by atoms with van der Waals surface area (Å²) in [7, 11) is 0. The molecule has 8 heteroatoms. The summed E-state index contributed by atoms with van der Waals surface area (Å²) in [5, 5.41) is 16.9. The minimum absolute atomic E-state index is 0.0167. The molecule has 6 nitrogen and oxygen atoms in total. The summed E-state index contributed by atoms with van der Waals surface area (Å²) in [5.74, 6) is -1.63. The van der Waals surface area contributed by atoms with E-state index in [9.17, 15) is 23.5 Å². The number of hydrogen-bond donors (Lipinski definition) is 3. The van der Waals surface area contributed by atoms with Gasteiger partial charge in [-0.2, -0.15) is 0 Å². The zero-order chi connectivity index (χ0) is 28.2. The van der Waals surface area contributed by atoms with E-state index >= 15 is 0 Å². The monoisotopic (exact) mass is 537 g/mol. The number of halogens is 2. The lowest BCUT2D eigenvalue weighted by molar-refractivity contribution is 0.0755. The molecule has 0 bridgehead atoms. The molecule has 208 valence electrons. The molecule has 2 amide bonds. The normalized spacial score (nSPS) is 12.5. The summed E-state index contributed by atoms with van der Waals surface area (Å²) < 4.78 is 27.5. The molecule has 3 aromatic carbocycles. The summed E-state index contributed by atoms with van der Waals surface area (Å²) in [4.78, 5) is 28.1. The van der Waals surface area contributed by atoms with Gasteiger partial charge in [0.25, 0.3) is 11.8 Å². The Kier molecular flexibility index (Phi) is 11.6. The van der Waals surface area contributed by atoms with E-state index in [1.807, 2.05) is 44.2 Å². The number of hydrogen-bond acceptors (Lipinski definition) is 4. The molecule has 39 heavy (non-hydrogen) atoms. The van der Waals surface area contributed by atoms with Gasteiger partial charge in [-0.25, -0.2) is 8.78 Å². The predicted octanol–water partition coefficient (Wildman–Crippen LogP) is 4.72. The van der Waals surface area contributed by atoms with Gasteiger partial charge in [-0.1, -0.05) is 50.2 Å². The van der Waals surface area contributed by atoms with Crippen molar-refractivity contribution in [3.63, 3.8) is 0 Å². The van der Waals surface area contributed by atoms with Crippen LogP contribution in [0.4, 0.5) is 8.78 Å². The first-order valence-electron chi connectivity index (χ1n) is 13.4. The highest BCUT2D eigenvalue weighted by atomic mass is 19.1. The lowest BCUT2D eigenvalue weighted by Gasteiger charge is -2.25. The molecule has 0 aromatic heterocycles. The van der Waals surface area contributed by atoms with Gasteiger partial charge >= 0.3 is 0 Å². The van der Waals surface area contributed by atoms with Crippen LogP contribution in [0.5, 0.6) is 0 Å². The molecule has 0 aliphatic rings. The Morgan fingerprint density at radius 2 is 1.59 bits per heavy atom. The van der Waals surface area contributed by atoms with E-state index in [2.05, 4.69) is 10.6 Å². The van der Waals surface area contributed by atoms with Crippen LogP contribution in [0.2, 0.25) is 0 Å². The number of carbonyl (C=O) groups is 2. The zero-order valence-corrected chi connectivity index (χ0v) is 22.5. The van der Waals surface area contributed by atoms with Gasteiger partial charge in [0.2, 0.25) is 0 Å². The van der Waals surface area contributed by atoms with E-state index in [-0.39, 0.29) is 24.6 Å². The minimum atomic E-state index is -1.03. The summed E-state index contributed by atoms with van der Waals surface area (Å²) in [5.41, 5.74) is 1.81. The van der Waals surface area contributed by atoms with E-state index in [4.69, 9.17) is 0 Å². The molecule has 0 saturated carbocycles. The highest BCUT2D eigenvalue weighted by Gasteiger charge is 2.23. The quantitative estimate of drug-likeness (QED) is 0.278. The number of nitrogens with zero attached hydrogens (tertiary/aromatic N) is 1. The first-order valence-corrected chi connectivity index (χ1v) is 13.4. The van der Waals surface area contributed by atoms with Crippen molar-refractivity contribution >= 4 is 11.8 Å². The van der Waals surface area contributed by atoms with Crippen molar-refractivity contribution in [3.8, 4) is 0 Å². The summed E-state index contributed by atoms with van der Waals surface area (Å²) in [6, 6.07) is 18.5. The van der Waals surface area contributed by atoms with Crippen molar-refractivity contribution in [2.24, 2.45) is 0 Å². The van der Waals surface area contributed by atoms with Crippen LogP contribution in [0.3, 0.4) is 0 Å². The Labute approximate surface area is 229 Å². The fraction of sp³-hybridized carbons (Fsp3) is 0.355. The van der Waals surface area contributed by atoms with Crippen LogP contribution >= 0.6 is 0 Å². The molecule has 0 radical (unpaired) electrons. The number of aliphatic hydroxyl groups is 1. The maximum Gasteiger partial charge on any atom is 0.253 e. The Morgan fingerprint density at radius 3 is 2.28 bits per heavy atom. The highest BCUT2D eigenvalue weighted by Crippen LogP contribution is 2.13. The molecular formula is C31H37F2N3O3. The van der Waals surface area contributed by atoms with E-state index in [1.54, 1.807) is 29.2 Å². The molecule has 0 fully saturated rings. The van der Waals surface area contributed by atoms with Crippen LogP contribution < -0.4 is 10.6 Å². The van der Waals surface area contributed by atoms with Gasteiger partial charge in [0.05, 0.1) is 12.1 Å². The first kappa shape index (κ1) is 29.9. The summed E-state index contributed by atoms with van der Waals surface area (Å²) >= 11 is 0. The average Bonchev–Trinajstić information content (AvgIpc) is 2.94. The van der Waals surface area contributed by atoms with Gasteiger partial charge in [-0.3, -0.25) is 9.59 Å². The number of rotatable bonds is 14. The van der Waals surface area contributed by atoms with Crippen molar-refractivity contribution < 1.29 is 23.5 Å². The van der Waals surface area contributed by atoms with Crippen LogP contribution in [0.15, 0.2) is 72.8 Å². The number of aliphatic hydroxyl groups excluding tert-OH is 1. The molecule has 3 aromatic rings. The topological polar surface area (TPSA) is 81.7 Å². The highest BCUT2D eigenvalue weighted by molar-refractivity contribution is 5.99. The second kappa shape index (κ2) is 15.1. The Hall–Kier alpha value is -3.62. The fourth-order valence-electron chi connectivity index (χ4n) is 4.41. The summed E-state index contributed by atoms with van der Waals surface area (Å²) in [6.07, 6.45) is 0.999. The van der Waals surface area contributed by atoms with Gasteiger partial charge in [-0.15, -0.1) is 0 Å². The molecule has 2 atom stereocenters. The molecular weight excluding hydrogens is 500 g/mol. The third-order valence-corrected chi connectivity index (χ3v) is 6.40. The minimum Gasteiger partial charge on any atom is -0.390 e. The van der Waals surface area contributed by atoms with Gasteiger partial charge in [-0.05, 0) is 61.2 Å². The van der Waals surface area contributed by atoms with Crippen molar-refractivity contribution in [1.29, 1.82) is 0 Å². The standard InChI is InChI=1S/C31H37F2N3O3/c1-3-15-36(16-4-2)31(39)24-12-8-11-23(18-24)30(38)35-28(17-22-9-6-5-7-10-22)29(37)21-34-20-25-19-26(32)13-14-27(25)33/h5-14,18-19,28-29,34,37H,3-4,15-17,20-21H2,1-2H3,(H,35,38)/t28-,29+/m0/s1. The van der Waals surface area contributed by atoms with Crippen LogP contribution in [0, 0.1) is 11.6 Å². The number of carbonyl (C=O) groups excluding carboxylic acids is 2. The fourth-order valence-corrected chi connectivity index (χ4v) is 4.41. The molecule has 0 heterocycles. The lowest BCUT2D eigenvalue weighted by Crippen LogP contribution is -2.48. The molecule has 3 N–H and O–H groups in total. The molecule has 3 rings (SSSR count). The molecule has 0 aliphatic heterocycles. The molecule has 0 saturated heterocycles. The maximum absolute atomic E-state index is 14.0. The number of benzene rings is 3. The largest absolute Gasteiger partial charge is 0.390 e. The van der Waals surface area contributed by atoms with Crippen molar-refractivity contribution in [3.05, 3.63) is 107 Å². The van der Waals surface area contributed by atoms with Crippen molar-refractivity contribution in [2.75, 3.05) is 19.6 Å². The number of nitrogens with one attached hydrogen (secondary N) is 2. The van der Waals surface area contributed by atoms with Crippen molar-refractivity contribution in [2.45, 2.75) is 51.8 Å². The van der Waals surface area contributed by atoms with Gasteiger partial charge in [0.15, 0.2) is 0 Å². The van der Waals surface area contributed by atoms with Crippen LogP contribution in [0.25, 0.3) is 0 Å². The smallest absolute Gasteiger partial charge is 0.253 e. The second-order valence-electron chi connectivity index (χ2n) is 9.58. The Balaban J connectivity index is 1.72. The third-order valence-electron chi connectivity index (χ3n) is 6.40. The van der Waals surface area contributed by atoms with E-state index in [1.165, 1.54) is 0 Å². The predicted molar refractivity (Wildman–Crippen MR) is 148 cm³/mol. The van der Waals surface area contributed by atoms with Gasteiger partial charge in [0, 0.05) is 42.9 Å². The first-order chi connectivity index (χ1) is 18.8. The van der Waals surface area contributed by atoms with E-state index in [0.717, 1.165) is 36.6 Å². The molecule has 0 spiro atoms. The lowest BCUT2D eigenvalue weighted by atomic mass is 10.00. The maximum atomic E-state index is 14.0. The van der Waals surface area contributed by atoms with Crippen LogP contribution in [-0.2, 0) is 13.0 Å². The van der Waals surface area contributed by atoms with E-state index < -0.39 is 29.7 Å². The Morgan fingerprint density at radius 1 is 0.897 bits per heavy atom. The SMILES string of the molecule is CCCN(CCC)C(=O)c1cccc(C(=O)N[C@@H](Cc2ccccc2)[C@H](O)CNCc2cc(F)ccc2F)c1. The van der Waals surface area contributed by atoms with E-state index in [0.29, 0.717) is 30.6 Å². The van der Waals surface area contributed by atoms with Crippen LogP contribution in [-0.4, -0.2) is 53.6 Å². The zero-order valence-electron chi connectivity index (χ0n) is 22.5. The van der Waals surface area contributed by atoms with Crippen molar-refractivity contribution in [1.82, 2.24) is 15.5 Å². The Bertz CT molecular complexity index is 1220.